The first-order chi connectivity index (χ1) is 10.8. The summed E-state index contributed by atoms with van der Waals surface area (Å²) in [6.45, 7) is 1.11. The number of ether oxygens (including phenoxy) is 1. The highest BCUT2D eigenvalue weighted by molar-refractivity contribution is 7.88. The molecule has 1 amide bonds. The fourth-order valence-corrected chi connectivity index (χ4v) is 3.21. The number of nitrogens with one attached hydrogen (secondary N) is 2. The van der Waals surface area contributed by atoms with Gasteiger partial charge in [0.2, 0.25) is 15.9 Å². The summed E-state index contributed by atoms with van der Waals surface area (Å²) < 4.78 is 43.8. The van der Waals surface area contributed by atoms with Crippen LogP contribution in [0.5, 0.6) is 0 Å². The van der Waals surface area contributed by atoms with Crippen LogP contribution < -0.4 is 10.0 Å². The molecule has 0 aliphatic carbocycles. The molecule has 1 saturated heterocycles. The van der Waals surface area contributed by atoms with Crippen LogP contribution >= 0.6 is 0 Å². The van der Waals surface area contributed by atoms with Gasteiger partial charge >= 0.3 is 0 Å². The molecule has 23 heavy (non-hydrogen) atoms. The van der Waals surface area contributed by atoms with Gasteiger partial charge in [-0.15, -0.1) is 0 Å². The molecule has 1 aliphatic rings. The molecule has 1 fully saturated rings. The highest BCUT2D eigenvalue weighted by Gasteiger charge is 2.21. The van der Waals surface area contributed by atoms with Gasteiger partial charge in [-0.1, -0.05) is 12.1 Å². The number of benzene rings is 1. The van der Waals surface area contributed by atoms with Crippen LogP contribution in [0.4, 0.5) is 4.39 Å². The second-order valence-corrected chi connectivity index (χ2v) is 7.42. The van der Waals surface area contributed by atoms with Crippen molar-refractivity contribution in [1.29, 1.82) is 0 Å². The summed E-state index contributed by atoms with van der Waals surface area (Å²) in [5.41, 5.74) is 0.532. The van der Waals surface area contributed by atoms with Crippen molar-refractivity contribution in [2.24, 2.45) is 0 Å². The Morgan fingerprint density at radius 3 is 2.65 bits per heavy atom. The molecule has 0 unspecified atom stereocenters. The van der Waals surface area contributed by atoms with Crippen molar-refractivity contribution in [2.75, 3.05) is 19.4 Å². The molecule has 0 spiro atoms. The Kier molecular flexibility index (Phi) is 6.09. The SMILES string of the molecule is CS(=O)(=O)N[C@@H](CC(=O)NC[C@H]1CCCO1)c1ccc(F)cc1. The lowest BCUT2D eigenvalue weighted by molar-refractivity contribution is -0.122. The average molecular weight is 344 g/mol. The van der Waals surface area contributed by atoms with Crippen LogP contribution in [-0.2, 0) is 19.6 Å². The van der Waals surface area contributed by atoms with E-state index in [1.807, 2.05) is 0 Å². The van der Waals surface area contributed by atoms with Crippen LogP contribution in [-0.4, -0.2) is 39.8 Å². The molecule has 1 aromatic rings. The van der Waals surface area contributed by atoms with E-state index >= 15 is 0 Å². The van der Waals surface area contributed by atoms with E-state index in [1.165, 1.54) is 24.3 Å². The summed E-state index contributed by atoms with van der Waals surface area (Å²) in [7, 11) is -3.51. The second kappa shape index (κ2) is 7.85. The summed E-state index contributed by atoms with van der Waals surface area (Å²) in [5, 5.41) is 2.75. The highest BCUT2D eigenvalue weighted by Crippen LogP contribution is 2.18. The van der Waals surface area contributed by atoms with Gasteiger partial charge in [0, 0.05) is 19.6 Å². The monoisotopic (exact) mass is 344 g/mol. The van der Waals surface area contributed by atoms with Gasteiger partial charge in [0.15, 0.2) is 0 Å². The van der Waals surface area contributed by atoms with Gasteiger partial charge in [0.05, 0.1) is 18.4 Å². The molecule has 6 nitrogen and oxygen atoms in total. The third kappa shape index (κ3) is 6.25. The number of amides is 1. The number of carbonyl (C=O) groups is 1. The Hall–Kier alpha value is -1.51. The standard InChI is InChI=1S/C15H21FN2O4S/c1-23(20,21)18-14(11-4-6-12(16)7-5-11)9-15(19)17-10-13-3-2-8-22-13/h4-7,13-14,18H,2-3,8-10H2,1H3,(H,17,19)/t13-,14+/m1/s1. The highest BCUT2D eigenvalue weighted by atomic mass is 32.2. The molecule has 1 aromatic carbocycles. The van der Waals surface area contributed by atoms with Gasteiger partial charge in [-0.2, -0.15) is 0 Å². The van der Waals surface area contributed by atoms with Gasteiger partial charge in [0.1, 0.15) is 5.82 Å². The summed E-state index contributed by atoms with van der Waals surface area (Å²) in [5.74, 6) is -0.708. The Balaban J connectivity index is 1.98. The molecule has 0 saturated carbocycles. The third-order valence-electron chi connectivity index (χ3n) is 3.57. The van der Waals surface area contributed by atoms with Crippen LogP contribution in [0, 0.1) is 5.82 Å². The molecule has 2 rings (SSSR count). The minimum Gasteiger partial charge on any atom is -0.376 e. The molecule has 0 aromatic heterocycles. The Morgan fingerprint density at radius 2 is 2.09 bits per heavy atom. The van der Waals surface area contributed by atoms with Crippen LogP contribution in [0.25, 0.3) is 0 Å². The number of halogens is 1. The second-order valence-electron chi connectivity index (χ2n) is 5.64. The van der Waals surface area contributed by atoms with Gasteiger partial charge in [0.25, 0.3) is 0 Å². The predicted octanol–water partition coefficient (Wildman–Crippen LogP) is 1.10. The van der Waals surface area contributed by atoms with Gasteiger partial charge < -0.3 is 10.1 Å². The lowest BCUT2D eigenvalue weighted by Gasteiger charge is -2.18. The van der Waals surface area contributed by atoms with Crippen LogP contribution in [0.15, 0.2) is 24.3 Å². The zero-order valence-corrected chi connectivity index (χ0v) is 13.7. The summed E-state index contributed by atoms with van der Waals surface area (Å²) in [4.78, 5) is 12.1. The van der Waals surface area contributed by atoms with Crippen molar-refractivity contribution < 1.29 is 22.3 Å². The van der Waals surface area contributed by atoms with E-state index in [1.54, 1.807) is 0 Å². The van der Waals surface area contributed by atoms with Gasteiger partial charge in [-0.05, 0) is 30.5 Å². The number of rotatable bonds is 7. The van der Waals surface area contributed by atoms with Crippen LogP contribution in [0.3, 0.4) is 0 Å². The Morgan fingerprint density at radius 1 is 1.39 bits per heavy atom. The lowest BCUT2D eigenvalue weighted by atomic mass is 10.0. The maximum absolute atomic E-state index is 13.0. The van der Waals surface area contributed by atoms with E-state index in [0.29, 0.717) is 18.7 Å². The third-order valence-corrected chi connectivity index (χ3v) is 4.28. The maximum atomic E-state index is 13.0. The maximum Gasteiger partial charge on any atom is 0.222 e. The molecule has 1 aliphatic heterocycles. The van der Waals surface area contributed by atoms with E-state index in [9.17, 15) is 17.6 Å². The molecule has 2 atom stereocenters. The van der Waals surface area contributed by atoms with E-state index in [2.05, 4.69) is 10.0 Å². The number of hydrogen-bond acceptors (Lipinski definition) is 4. The quantitative estimate of drug-likeness (QED) is 0.776. The molecule has 0 bridgehead atoms. The average Bonchev–Trinajstić information content (AvgIpc) is 2.97. The van der Waals surface area contributed by atoms with E-state index in [4.69, 9.17) is 4.74 Å². The van der Waals surface area contributed by atoms with E-state index < -0.39 is 21.9 Å². The van der Waals surface area contributed by atoms with Crippen molar-refractivity contribution in [1.82, 2.24) is 10.0 Å². The lowest BCUT2D eigenvalue weighted by Crippen LogP contribution is -2.36. The normalized spacial score (nSPS) is 19.5. The fourth-order valence-electron chi connectivity index (χ4n) is 2.47. The smallest absolute Gasteiger partial charge is 0.222 e. The Labute approximate surface area is 135 Å². The summed E-state index contributed by atoms with van der Waals surface area (Å²) in [6, 6.07) is 4.65. The van der Waals surface area contributed by atoms with Crippen molar-refractivity contribution >= 4 is 15.9 Å². The first kappa shape index (κ1) is 17.8. The van der Waals surface area contributed by atoms with Crippen molar-refractivity contribution in [3.05, 3.63) is 35.6 Å². The van der Waals surface area contributed by atoms with Crippen molar-refractivity contribution in [2.45, 2.75) is 31.4 Å². The fraction of sp³-hybridized carbons (Fsp3) is 0.533. The van der Waals surface area contributed by atoms with Crippen molar-refractivity contribution in [3.8, 4) is 0 Å². The first-order valence-electron chi connectivity index (χ1n) is 7.44. The minimum atomic E-state index is -3.51. The van der Waals surface area contributed by atoms with Crippen LogP contribution in [0.1, 0.15) is 30.9 Å². The number of sulfonamides is 1. The minimum absolute atomic E-state index is 0.0195. The molecule has 0 radical (unpaired) electrons. The largest absolute Gasteiger partial charge is 0.376 e. The number of carbonyl (C=O) groups excluding carboxylic acids is 1. The molecule has 128 valence electrons. The topological polar surface area (TPSA) is 84.5 Å². The summed E-state index contributed by atoms with van der Waals surface area (Å²) in [6.07, 6.45) is 2.86. The molecule has 2 N–H and O–H groups in total. The first-order valence-corrected chi connectivity index (χ1v) is 9.34. The van der Waals surface area contributed by atoms with Crippen molar-refractivity contribution in [3.63, 3.8) is 0 Å². The van der Waals surface area contributed by atoms with Crippen LogP contribution in [0.2, 0.25) is 0 Å². The zero-order chi connectivity index (χ0) is 16.9. The predicted molar refractivity (Wildman–Crippen MR) is 83.7 cm³/mol. The van der Waals surface area contributed by atoms with Gasteiger partial charge in [-0.25, -0.2) is 17.5 Å². The van der Waals surface area contributed by atoms with Gasteiger partial charge in [-0.3, -0.25) is 4.79 Å². The number of hydrogen-bond donors (Lipinski definition) is 2. The summed E-state index contributed by atoms with van der Waals surface area (Å²) >= 11 is 0. The molecule has 1 heterocycles. The van der Waals surface area contributed by atoms with E-state index in [-0.39, 0.29) is 18.4 Å². The molecular formula is C15H21FN2O4S. The molecule has 8 heteroatoms. The molecular weight excluding hydrogens is 323 g/mol. The zero-order valence-electron chi connectivity index (χ0n) is 12.9. The van der Waals surface area contributed by atoms with E-state index in [0.717, 1.165) is 19.1 Å². The Bertz CT molecular complexity index is 627.